The van der Waals surface area contributed by atoms with Crippen molar-refractivity contribution in [2.45, 2.75) is 0 Å². The van der Waals surface area contributed by atoms with Crippen LogP contribution in [0.4, 0.5) is 0 Å². The highest BCUT2D eigenvalue weighted by Gasteiger charge is 2.28. The first-order chi connectivity index (χ1) is 4.63. The Labute approximate surface area is 55.6 Å². The molecule has 5 nitrogen and oxygen atoms in total. The molecule has 1 aliphatic heterocycles. The van der Waals surface area contributed by atoms with E-state index >= 15 is 0 Å². The molecule has 52 valence electrons. The van der Waals surface area contributed by atoms with Gasteiger partial charge in [-0.15, -0.1) is 0 Å². The van der Waals surface area contributed by atoms with Crippen LogP contribution < -0.4 is 0 Å². The van der Waals surface area contributed by atoms with Crippen molar-refractivity contribution in [1.82, 2.24) is 0 Å². The maximum atomic E-state index is 10.4. The Morgan fingerprint density at radius 3 is 2.50 bits per heavy atom. The van der Waals surface area contributed by atoms with E-state index in [4.69, 9.17) is 5.11 Å². The number of hydrogen-bond acceptors (Lipinski definition) is 4. The minimum Gasteiger partial charge on any atom is -0.476 e. The quantitative estimate of drug-likeness (QED) is 0.396. The molecule has 0 saturated heterocycles. The molecule has 0 aromatic carbocycles. The van der Waals surface area contributed by atoms with Crippen LogP contribution in [0.2, 0.25) is 0 Å². The molecule has 0 aliphatic carbocycles. The Balaban J connectivity index is 2.92. The Bertz CT molecular complexity index is 252. The zero-order chi connectivity index (χ0) is 7.72. The van der Waals surface area contributed by atoms with Crippen LogP contribution in [-0.4, -0.2) is 22.8 Å². The SMILES string of the molecule is C=C1C(=O)ON=C1C(=O)O. The van der Waals surface area contributed by atoms with Gasteiger partial charge in [0.2, 0.25) is 5.71 Å². The minimum absolute atomic E-state index is 0.215. The van der Waals surface area contributed by atoms with E-state index in [0.29, 0.717) is 0 Å². The number of nitrogens with zero attached hydrogens (tertiary/aromatic N) is 1. The van der Waals surface area contributed by atoms with Gasteiger partial charge in [0.25, 0.3) is 0 Å². The maximum Gasteiger partial charge on any atom is 0.367 e. The summed E-state index contributed by atoms with van der Waals surface area (Å²) in [5.41, 5.74) is -0.641. The van der Waals surface area contributed by atoms with Crippen LogP contribution in [0.1, 0.15) is 0 Å². The van der Waals surface area contributed by atoms with Gasteiger partial charge in [-0.05, 0) is 0 Å². The fourth-order valence-electron chi connectivity index (χ4n) is 0.462. The van der Waals surface area contributed by atoms with Gasteiger partial charge >= 0.3 is 11.9 Å². The van der Waals surface area contributed by atoms with Gasteiger partial charge in [0.05, 0.1) is 5.57 Å². The second-order valence-corrected chi connectivity index (χ2v) is 1.60. The Morgan fingerprint density at radius 2 is 2.30 bits per heavy atom. The van der Waals surface area contributed by atoms with Gasteiger partial charge in [0.15, 0.2) is 0 Å². The molecule has 0 radical (unpaired) electrons. The van der Waals surface area contributed by atoms with E-state index in [0.717, 1.165) is 0 Å². The molecule has 1 rings (SSSR count). The van der Waals surface area contributed by atoms with Crippen molar-refractivity contribution in [3.63, 3.8) is 0 Å². The number of carbonyl (C=O) groups excluding carboxylic acids is 1. The molecule has 0 aromatic rings. The number of rotatable bonds is 1. The first-order valence-electron chi connectivity index (χ1n) is 2.35. The molecule has 0 aromatic heterocycles. The van der Waals surface area contributed by atoms with E-state index < -0.39 is 17.7 Å². The van der Waals surface area contributed by atoms with Gasteiger partial charge in [0, 0.05) is 0 Å². The summed E-state index contributed by atoms with van der Waals surface area (Å²) in [6.07, 6.45) is 0. The number of aliphatic carboxylic acids is 1. The van der Waals surface area contributed by atoms with Crippen LogP contribution in [0.5, 0.6) is 0 Å². The van der Waals surface area contributed by atoms with Crippen LogP contribution in [0, 0.1) is 0 Å². The number of hydrogen-bond donors (Lipinski definition) is 1. The number of carboxylic acid groups (broad SMARTS) is 1. The minimum atomic E-state index is -1.31. The van der Waals surface area contributed by atoms with Gasteiger partial charge in [0.1, 0.15) is 0 Å². The van der Waals surface area contributed by atoms with E-state index in [9.17, 15) is 9.59 Å². The summed E-state index contributed by atoms with van der Waals surface area (Å²) in [5.74, 6) is -2.12. The van der Waals surface area contributed by atoms with Crippen molar-refractivity contribution >= 4 is 17.7 Å². The van der Waals surface area contributed by atoms with E-state index in [1.807, 2.05) is 0 Å². The molecule has 1 N–H and O–H groups in total. The molecule has 0 unspecified atom stereocenters. The highest BCUT2D eigenvalue weighted by atomic mass is 16.7. The second-order valence-electron chi connectivity index (χ2n) is 1.60. The van der Waals surface area contributed by atoms with Gasteiger partial charge in [-0.2, -0.15) is 0 Å². The van der Waals surface area contributed by atoms with Crippen LogP contribution in [0.15, 0.2) is 17.3 Å². The van der Waals surface area contributed by atoms with Crippen molar-refractivity contribution in [2.75, 3.05) is 0 Å². The summed E-state index contributed by atoms with van der Waals surface area (Å²) in [4.78, 5) is 24.5. The summed E-state index contributed by atoms with van der Waals surface area (Å²) in [7, 11) is 0. The lowest BCUT2D eigenvalue weighted by Gasteiger charge is -1.85. The molecule has 0 atom stereocenters. The van der Waals surface area contributed by atoms with Crippen molar-refractivity contribution in [1.29, 1.82) is 0 Å². The van der Waals surface area contributed by atoms with E-state index in [2.05, 4.69) is 16.6 Å². The normalized spacial score (nSPS) is 16.6. The fourth-order valence-corrected chi connectivity index (χ4v) is 0.462. The van der Waals surface area contributed by atoms with Crippen LogP contribution in [0.3, 0.4) is 0 Å². The van der Waals surface area contributed by atoms with Gasteiger partial charge < -0.3 is 9.94 Å². The topological polar surface area (TPSA) is 76.0 Å². The first-order valence-corrected chi connectivity index (χ1v) is 2.35. The highest BCUT2D eigenvalue weighted by Crippen LogP contribution is 2.07. The molecule has 0 spiro atoms. The standard InChI is InChI=1S/C5H3NO4/c1-2-3(4(7)8)6-10-5(2)9/h1H2,(H,7,8). The number of oxime groups is 1. The van der Waals surface area contributed by atoms with Gasteiger partial charge in [-0.1, -0.05) is 11.7 Å². The molecule has 0 bridgehead atoms. The van der Waals surface area contributed by atoms with Gasteiger partial charge in [-0.3, -0.25) is 0 Å². The average molecular weight is 141 g/mol. The van der Waals surface area contributed by atoms with E-state index in [1.165, 1.54) is 0 Å². The summed E-state index contributed by atoms with van der Waals surface area (Å²) >= 11 is 0. The third-order valence-corrected chi connectivity index (χ3v) is 0.955. The third kappa shape index (κ3) is 0.771. The summed E-state index contributed by atoms with van der Waals surface area (Å²) in [6, 6.07) is 0. The zero-order valence-corrected chi connectivity index (χ0v) is 4.83. The lowest BCUT2D eigenvalue weighted by molar-refractivity contribution is -0.136. The third-order valence-electron chi connectivity index (χ3n) is 0.955. The Morgan fingerprint density at radius 1 is 1.70 bits per heavy atom. The van der Waals surface area contributed by atoms with Crippen molar-refractivity contribution in [2.24, 2.45) is 5.16 Å². The lowest BCUT2D eigenvalue weighted by Crippen LogP contribution is -2.14. The van der Waals surface area contributed by atoms with Crippen molar-refractivity contribution < 1.29 is 19.5 Å². The van der Waals surface area contributed by atoms with Crippen molar-refractivity contribution in [3.8, 4) is 0 Å². The summed E-state index contributed by atoms with van der Waals surface area (Å²) in [6.45, 7) is 3.15. The first kappa shape index (κ1) is 6.47. The largest absolute Gasteiger partial charge is 0.476 e. The zero-order valence-electron chi connectivity index (χ0n) is 4.83. The molecule has 0 saturated carbocycles. The van der Waals surface area contributed by atoms with Gasteiger partial charge in [-0.25, -0.2) is 9.59 Å². The molecule has 1 heterocycles. The van der Waals surface area contributed by atoms with E-state index in [1.54, 1.807) is 0 Å². The van der Waals surface area contributed by atoms with Crippen LogP contribution in [0.25, 0.3) is 0 Å². The summed E-state index contributed by atoms with van der Waals surface area (Å²) < 4.78 is 0. The molecular formula is C5H3NO4. The molecule has 5 heteroatoms. The van der Waals surface area contributed by atoms with Crippen LogP contribution >= 0.6 is 0 Å². The Hall–Kier alpha value is -1.65. The second kappa shape index (κ2) is 1.94. The number of carboxylic acids is 1. The highest BCUT2D eigenvalue weighted by molar-refractivity contribution is 6.49. The lowest BCUT2D eigenvalue weighted by atomic mass is 10.2. The molecule has 0 fully saturated rings. The number of carbonyl (C=O) groups is 2. The maximum absolute atomic E-state index is 10.4. The Kier molecular flexibility index (Phi) is 1.26. The molecule has 10 heavy (non-hydrogen) atoms. The predicted molar refractivity (Wildman–Crippen MR) is 30.3 cm³/mol. The molecule has 1 aliphatic rings. The van der Waals surface area contributed by atoms with Crippen LogP contribution in [-0.2, 0) is 14.4 Å². The summed E-state index contributed by atoms with van der Waals surface area (Å²) in [5, 5.41) is 11.2. The smallest absolute Gasteiger partial charge is 0.367 e. The average Bonchev–Trinajstić information content (AvgIpc) is 2.14. The van der Waals surface area contributed by atoms with E-state index in [-0.39, 0.29) is 5.57 Å². The predicted octanol–water partition coefficient (Wildman–Crippen LogP) is -0.460. The monoisotopic (exact) mass is 141 g/mol. The molecule has 0 amide bonds. The fraction of sp³-hybridized carbons (Fsp3) is 0. The van der Waals surface area contributed by atoms with Crippen molar-refractivity contribution in [3.05, 3.63) is 12.2 Å². The molecular weight excluding hydrogens is 138 g/mol.